The van der Waals surface area contributed by atoms with Crippen LogP contribution in [0.2, 0.25) is 0 Å². The van der Waals surface area contributed by atoms with Gasteiger partial charge in [0.15, 0.2) is 17.3 Å². The summed E-state index contributed by atoms with van der Waals surface area (Å²) in [5.74, 6) is -0.738. The van der Waals surface area contributed by atoms with Gasteiger partial charge in [-0.05, 0) is 37.3 Å². The predicted octanol–water partition coefficient (Wildman–Crippen LogP) is 3.05. The molecule has 2 aromatic heterocycles. The lowest BCUT2D eigenvalue weighted by Crippen LogP contribution is -2.41. The Kier molecular flexibility index (Phi) is 5.25. The smallest absolute Gasteiger partial charge is 0.252 e. The number of pyridine rings is 1. The van der Waals surface area contributed by atoms with Gasteiger partial charge < -0.3 is 15.7 Å². The summed E-state index contributed by atoms with van der Waals surface area (Å²) >= 11 is 0. The fourth-order valence-electron chi connectivity index (χ4n) is 3.94. The van der Waals surface area contributed by atoms with Gasteiger partial charge in [0, 0.05) is 25.3 Å². The molecule has 0 radical (unpaired) electrons. The Bertz CT molecular complexity index is 1060. The molecule has 0 bridgehead atoms. The number of carbonyl (C=O) groups excluding carboxylic acids is 1. The van der Waals surface area contributed by atoms with Crippen LogP contribution in [0.25, 0.3) is 16.7 Å². The van der Waals surface area contributed by atoms with Crippen molar-refractivity contribution in [1.82, 2.24) is 9.38 Å². The fourth-order valence-corrected chi connectivity index (χ4v) is 3.94. The number of benzene rings is 1. The molecule has 1 fully saturated rings. The van der Waals surface area contributed by atoms with E-state index in [4.69, 9.17) is 5.73 Å². The molecule has 1 amide bonds. The van der Waals surface area contributed by atoms with Crippen LogP contribution in [0.3, 0.4) is 0 Å². The Labute approximate surface area is 168 Å². The minimum Gasteiger partial charge on any atom is -0.396 e. The molecule has 1 aliphatic rings. The molecule has 4 rings (SSSR count). The van der Waals surface area contributed by atoms with Gasteiger partial charge in [0.05, 0.1) is 16.6 Å². The van der Waals surface area contributed by atoms with Crippen LogP contribution in [0, 0.1) is 18.2 Å². The van der Waals surface area contributed by atoms with E-state index in [0.29, 0.717) is 30.1 Å². The van der Waals surface area contributed by atoms with E-state index >= 15 is 4.39 Å². The van der Waals surface area contributed by atoms with E-state index in [-0.39, 0.29) is 35.6 Å². The van der Waals surface area contributed by atoms with E-state index in [2.05, 4.69) is 4.98 Å². The van der Waals surface area contributed by atoms with Crippen LogP contribution in [0.5, 0.6) is 0 Å². The molecule has 8 heteroatoms. The molecule has 1 saturated heterocycles. The average Bonchev–Trinajstić information content (AvgIpc) is 3.02. The number of amides is 1. The first-order valence-electron chi connectivity index (χ1n) is 9.11. The van der Waals surface area contributed by atoms with E-state index in [9.17, 15) is 9.90 Å². The predicted molar refractivity (Wildman–Crippen MR) is 110 cm³/mol. The maximum atomic E-state index is 15.5. The number of nitrogens with zero attached hydrogens (tertiary/aromatic N) is 3. The Morgan fingerprint density at radius 3 is 2.57 bits per heavy atom. The van der Waals surface area contributed by atoms with Gasteiger partial charge in [-0.2, -0.15) is 0 Å². The van der Waals surface area contributed by atoms with Crippen molar-refractivity contribution in [3.8, 4) is 0 Å². The largest absolute Gasteiger partial charge is 0.396 e. The van der Waals surface area contributed by atoms with Gasteiger partial charge in [0.2, 0.25) is 0 Å². The van der Waals surface area contributed by atoms with Crippen LogP contribution in [0.4, 0.5) is 10.2 Å². The molecule has 3 heterocycles. The molecule has 3 aromatic rings. The first-order chi connectivity index (χ1) is 12.9. The highest BCUT2D eigenvalue weighted by atomic mass is 35.5. The van der Waals surface area contributed by atoms with Crippen molar-refractivity contribution in [3.05, 3.63) is 41.2 Å². The van der Waals surface area contributed by atoms with Crippen molar-refractivity contribution >= 4 is 40.8 Å². The highest BCUT2D eigenvalue weighted by Gasteiger charge is 2.33. The molecule has 0 spiro atoms. The van der Waals surface area contributed by atoms with Gasteiger partial charge >= 0.3 is 0 Å². The summed E-state index contributed by atoms with van der Waals surface area (Å²) in [6.45, 7) is 4.96. The van der Waals surface area contributed by atoms with Crippen LogP contribution >= 0.6 is 12.4 Å². The third-order valence-electron chi connectivity index (χ3n) is 5.79. The summed E-state index contributed by atoms with van der Waals surface area (Å²) in [6.07, 6.45) is 1.52. The number of rotatable bonds is 3. The first-order valence-corrected chi connectivity index (χ1v) is 9.11. The number of aliphatic hydroxyl groups is 1. The quantitative estimate of drug-likeness (QED) is 0.700. The SMILES string of the molecule is Cc1c(F)c(N2CCC(C)(CO)CC2)n2c(nc3ccccc32)c1C(N)=O.Cl. The van der Waals surface area contributed by atoms with Crippen molar-refractivity contribution in [2.75, 3.05) is 24.6 Å². The molecule has 0 saturated carbocycles. The molecule has 1 aromatic carbocycles. The highest BCUT2D eigenvalue weighted by molar-refractivity contribution is 6.03. The van der Waals surface area contributed by atoms with Crippen molar-refractivity contribution in [2.24, 2.45) is 11.1 Å². The molecule has 1 aliphatic heterocycles. The summed E-state index contributed by atoms with van der Waals surface area (Å²) in [5, 5.41) is 9.62. The molecular formula is C20H24ClFN4O2. The lowest BCUT2D eigenvalue weighted by molar-refractivity contribution is 0.1000. The molecule has 0 unspecified atom stereocenters. The molecule has 6 nitrogen and oxygen atoms in total. The summed E-state index contributed by atoms with van der Waals surface area (Å²) in [7, 11) is 0. The van der Waals surface area contributed by atoms with Crippen LogP contribution in [-0.4, -0.2) is 40.1 Å². The van der Waals surface area contributed by atoms with Crippen LogP contribution in [0.15, 0.2) is 24.3 Å². The van der Waals surface area contributed by atoms with Gasteiger partial charge in [-0.15, -0.1) is 12.4 Å². The maximum absolute atomic E-state index is 15.5. The minimum atomic E-state index is -0.690. The number of aromatic nitrogens is 2. The second-order valence-corrected chi connectivity index (χ2v) is 7.72. The molecule has 150 valence electrons. The van der Waals surface area contributed by atoms with Crippen molar-refractivity contribution in [3.63, 3.8) is 0 Å². The number of fused-ring (bicyclic) bond motifs is 3. The monoisotopic (exact) mass is 406 g/mol. The number of carbonyl (C=O) groups is 1. The van der Waals surface area contributed by atoms with Crippen LogP contribution in [0.1, 0.15) is 35.7 Å². The Balaban J connectivity index is 0.00000225. The van der Waals surface area contributed by atoms with E-state index in [1.807, 2.05) is 36.1 Å². The summed E-state index contributed by atoms with van der Waals surface area (Å²) < 4.78 is 17.2. The molecule has 0 aliphatic carbocycles. The first kappa shape index (κ1) is 20.4. The molecule has 3 N–H and O–H groups in total. The zero-order valence-corrected chi connectivity index (χ0v) is 16.7. The number of piperidine rings is 1. The summed E-state index contributed by atoms with van der Waals surface area (Å²) in [6, 6.07) is 7.42. The number of hydrogen-bond donors (Lipinski definition) is 2. The second kappa shape index (κ2) is 7.22. The number of halogens is 2. The molecular weight excluding hydrogens is 383 g/mol. The van der Waals surface area contributed by atoms with Gasteiger partial charge in [0.25, 0.3) is 5.91 Å². The average molecular weight is 407 g/mol. The number of imidazole rings is 1. The topological polar surface area (TPSA) is 83.9 Å². The number of nitrogens with two attached hydrogens (primary N) is 1. The lowest BCUT2D eigenvalue weighted by Gasteiger charge is -2.39. The van der Waals surface area contributed by atoms with Crippen molar-refractivity contribution < 1.29 is 14.3 Å². The zero-order valence-electron chi connectivity index (χ0n) is 15.9. The van der Waals surface area contributed by atoms with E-state index in [0.717, 1.165) is 18.4 Å². The van der Waals surface area contributed by atoms with Gasteiger partial charge in [-0.1, -0.05) is 19.1 Å². The Morgan fingerprint density at radius 1 is 1.32 bits per heavy atom. The fraction of sp³-hybridized carbons (Fsp3) is 0.400. The normalized spacial score (nSPS) is 16.4. The van der Waals surface area contributed by atoms with Crippen LogP contribution < -0.4 is 10.6 Å². The lowest BCUT2D eigenvalue weighted by atomic mass is 9.81. The van der Waals surface area contributed by atoms with E-state index in [1.165, 1.54) is 0 Å². The van der Waals surface area contributed by atoms with Crippen LogP contribution in [-0.2, 0) is 0 Å². The number of anilines is 1. The van der Waals surface area contributed by atoms with Gasteiger partial charge in [-0.3, -0.25) is 9.20 Å². The van der Waals surface area contributed by atoms with E-state index < -0.39 is 11.7 Å². The molecule has 28 heavy (non-hydrogen) atoms. The van der Waals surface area contributed by atoms with Gasteiger partial charge in [-0.25, -0.2) is 9.37 Å². The number of aliphatic hydroxyl groups excluding tert-OH is 1. The third kappa shape index (κ3) is 2.99. The maximum Gasteiger partial charge on any atom is 0.252 e. The third-order valence-corrected chi connectivity index (χ3v) is 5.79. The van der Waals surface area contributed by atoms with Crippen molar-refractivity contribution in [2.45, 2.75) is 26.7 Å². The number of para-hydroxylation sites is 2. The second-order valence-electron chi connectivity index (χ2n) is 7.72. The zero-order chi connectivity index (χ0) is 19.3. The van der Waals surface area contributed by atoms with E-state index in [1.54, 1.807) is 11.3 Å². The minimum absolute atomic E-state index is 0. The highest BCUT2D eigenvalue weighted by Crippen LogP contribution is 2.37. The Hall–Kier alpha value is -2.38. The number of hydrogen-bond acceptors (Lipinski definition) is 4. The Morgan fingerprint density at radius 2 is 1.96 bits per heavy atom. The summed E-state index contributed by atoms with van der Waals surface area (Å²) in [4.78, 5) is 18.6. The summed E-state index contributed by atoms with van der Waals surface area (Å²) in [5.41, 5.74) is 7.54. The standard InChI is InChI=1S/C20H23FN4O2.ClH/c1-12-15(17(22)27)18-23-13-5-3-4-6-14(13)25(18)19(16(12)21)24-9-7-20(2,11-26)8-10-24;/h3-6,26H,7-11H2,1-2H3,(H2,22,27);1H. The van der Waals surface area contributed by atoms with Gasteiger partial charge in [0.1, 0.15) is 0 Å². The molecule has 0 atom stereocenters. The number of primary amides is 1. The van der Waals surface area contributed by atoms with Crippen molar-refractivity contribution in [1.29, 1.82) is 0 Å².